The van der Waals surface area contributed by atoms with Crippen LogP contribution < -0.4 is 5.32 Å². The number of nitrogens with one attached hydrogen (secondary N) is 1. The molecule has 0 aliphatic heterocycles. The minimum atomic E-state index is -0.363. The standard InChI is InChI=1S/C23H20ClNO3/c24-15-22(26)25-21-13-19(18-9-5-2-6-10-18)11-12-20(21)14-23(27)28-16-17-7-3-1-4-8-17/h1-13H,14-16H2,(H,25,26). The molecule has 0 bridgehead atoms. The molecule has 3 rings (SSSR count). The molecule has 5 heteroatoms. The van der Waals surface area contributed by atoms with Gasteiger partial charge >= 0.3 is 5.97 Å². The Morgan fingerprint density at radius 3 is 2.21 bits per heavy atom. The molecule has 0 aliphatic rings. The Morgan fingerprint density at radius 1 is 0.857 bits per heavy atom. The zero-order valence-electron chi connectivity index (χ0n) is 15.2. The molecule has 0 saturated heterocycles. The molecule has 4 nitrogen and oxygen atoms in total. The summed E-state index contributed by atoms with van der Waals surface area (Å²) < 4.78 is 5.36. The number of ether oxygens (including phenoxy) is 1. The molecule has 3 aromatic carbocycles. The minimum absolute atomic E-state index is 0.0554. The van der Waals surface area contributed by atoms with Crippen molar-refractivity contribution in [3.05, 3.63) is 90.0 Å². The predicted molar refractivity (Wildman–Crippen MR) is 111 cm³/mol. The second-order valence-electron chi connectivity index (χ2n) is 6.24. The first-order valence-corrected chi connectivity index (χ1v) is 9.43. The van der Waals surface area contributed by atoms with Crippen LogP contribution in [0.15, 0.2) is 78.9 Å². The Labute approximate surface area is 169 Å². The first kappa shape index (κ1) is 19.6. The first-order valence-electron chi connectivity index (χ1n) is 8.89. The molecule has 0 spiro atoms. The molecule has 0 radical (unpaired) electrons. The van der Waals surface area contributed by atoms with E-state index in [1.54, 1.807) is 0 Å². The molecule has 142 valence electrons. The SMILES string of the molecule is O=C(CCl)Nc1cc(-c2ccccc2)ccc1CC(=O)OCc1ccccc1. The number of alkyl halides is 1. The third-order valence-electron chi connectivity index (χ3n) is 4.19. The Morgan fingerprint density at radius 2 is 1.54 bits per heavy atom. The molecule has 0 unspecified atom stereocenters. The lowest BCUT2D eigenvalue weighted by Crippen LogP contribution is -2.16. The second-order valence-corrected chi connectivity index (χ2v) is 6.51. The van der Waals surface area contributed by atoms with Gasteiger partial charge in [-0.05, 0) is 28.3 Å². The van der Waals surface area contributed by atoms with Gasteiger partial charge in [-0.2, -0.15) is 0 Å². The van der Waals surface area contributed by atoms with Gasteiger partial charge in [0.05, 0.1) is 6.42 Å². The number of halogens is 1. The average molecular weight is 394 g/mol. The van der Waals surface area contributed by atoms with Crippen LogP contribution in [-0.2, 0) is 27.4 Å². The number of esters is 1. The number of benzene rings is 3. The van der Waals surface area contributed by atoms with Gasteiger partial charge in [0.25, 0.3) is 0 Å². The zero-order chi connectivity index (χ0) is 19.8. The normalized spacial score (nSPS) is 10.3. The van der Waals surface area contributed by atoms with Crippen molar-refractivity contribution in [2.75, 3.05) is 11.2 Å². The van der Waals surface area contributed by atoms with Crippen LogP contribution in [0.5, 0.6) is 0 Å². The summed E-state index contributed by atoms with van der Waals surface area (Å²) >= 11 is 5.63. The number of hydrogen-bond acceptors (Lipinski definition) is 3. The third kappa shape index (κ3) is 5.44. The maximum Gasteiger partial charge on any atom is 0.310 e. The molecule has 0 aliphatic carbocycles. The van der Waals surface area contributed by atoms with Crippen LogP contribution in [0.3, 0.4) is 0 Å². The molecular formula is C23H20ClNO3. The smallest absolute Gasteiger partial charge is 0.310 e. The summed E-state index contributed by atoms with van der Waals surface area (Å²) in [7, 11) is 0. The van der Waals surface area contributed by atoms with Crippen molar-refractivity contribution in [1.82, 2.24) is 0 Å². The van der Waals surface area contributed by atoms with Gasteiger partial charge in [0.2, 0.25) is 5.91 Å². The van der Waals surface area contributed by atoms with Gasteiger partial charge in [0.15, 0.2) is 0 Å². The van der Waals surface area contributed by atoms with E-state index in [1.165, 1.54) is 0 Å². The van der Waals surface area contributed by atoms with Gasteiger partial charge in [0, 0.05) is 5.69 Å². The highest BCUT2D eigenvalue weighted by atomic mass is 35.5. The van der Waals surface area contributed by atoms with Crippen molar-refractivity contribution < 1.29 is 14.3 Å². The lowest BCUT2D eigenvalue weighted by Gasteiger charge is -2.13. The summed E-state index contributed by atoms with van der Waals surface area (Å²) in [6.07, 6.45) is 0.0554. The summed E-state index contributed by atoms with van der Waals surface area (Å²) in [6.45, 7) is 0.213. The van der Waals surface area contributed by atoms with Crippen LogP contribution >= 0.6 is 11.6 Å². The van der Waals surface area contributed by atoms with Crippen LogP contribution in [0.4, 0.5) is 5.69 Å². The number of anilines is 1. The van der Waals surface area contributed by atoms with E-state index in [-0.39, 0.29) is 30.8 Å². The van der Waals surface area contributed by atoms with Gasteiger partial charge in [-0.3, -0.25) is 9.59 Å². The molecule has 0 atom stereocenters. The zero-order valence-corrected chi connectivity index (χ0v) is 16.0. The lowest BCUT2D eigenvalue weighted by molar-refractivity contribution is -0.144. The predicted octanol–water partition coefficient (Wildman–Crippen LogP) is 4.82. The maximum absolute atomic E-state index is 12.3. The van der Waals surface area contributed by atoms with Gasteiger partial charge in [0.1, 0.15) is 12.5 Å². The van der Waals surface area contributed by atoms with Crippen LogP contribution in [0.25, 0.3) is 11.1 Å². The molecule has 0 aromatic heterocycles. The largest absolute Gasteiger partial charge is 0.461 e. The van der Waals surface area contributed by atoms with Gasteiger partial charge < -0.3 is 10.1 Å². The minimum Gasteiger partial charge on any atom is -0.461 e. The summed E-state index contributed by atoms with van der Waals surface area (Å²) in [5, 5.41) is 2.77. The van der Waals surface area contributed by atoms with Crippen LogP contribution in [0.2, 0.25) is 0 Å². The van der Waals surface area contributed by atoms with Gasteiger partial charge in [-0.25, -0.2) is 0 Å². The highest BCUT2D eigenvalue weighted by molar-refractivity contribution is 6.29. The van der Waals surface area contributed by atoms with E-state index in [4.69, 9.17) is 16.3 Å². The maximum atomic E-state index is 12.3. The van der Waals surface area contributed by atoms with Crippen molar-refractivity contribution >= 4 is 29.2 Å². The summed E-state index contributed by atoms with van der Waals surface area (Å²) in [5.41, 5.74) is 4.11. The fourth-order valence-electron chi connectivity index (χ4n) is 2.79. The third-order valence-corrected chi connectivity index (χ3v) is 4.43. The summed E-state index contributed by atoms with van der Waals surface area (Å²) in [5.74, 6) is -0.851. The highest BCUT2D eigenvalue weighted by Crippen LogP contribution is 2.26. The van der Waals surface area contributed by atoms with E-state index >= 15 is 0 Å². The number of rotatable bonds is 7. The van der Waals surface area contributed by atoms with Crippen molar-refractivity contribution in [3.8, 4) is 11.1 Å². The first-order chi connectivity index (χ1) is 13.7. The Balaban J connectivity index is 1.76. The summed E-state index contributed by atoms with van der Waals surface area (Å²) in [6, 6.07) is 24.9. The van der Waals surface area contributed by atoms with E-state index in [1.807, 2.05) is 78.9 Å². The fourth-order valence-corrected chi connectivity index (χ4v) is 2.85. The second kappa shape index (κ2) is 9.72. The van der Waals surface area contributed by atoms with Crippen LogP contribution in [-0.4, -0.2) is 17.8 Å². The molecule has 0 heterocycles. The van der Waals surface area contributed by atoms with Gasteiger partial charge in [-0.1, -0.05) is 72.8 Å². The summed E-state index contributed by atoms with van der Waals surface area (Å²) in [4.78, 5) is 24.1. The monoisotopic (exact) mass is 393 g/mol. The van der Waals surface area contributed by atoms with Crippen molar-refractivity contribution in [2.24, 2.45) is 0 Å². The molecule has 28 heavy (non-hydrogen) atoms. The number of carbonyl (C=O) groups excluding carboxylic acids is 2. The van der Waals surface area contributed by atoms with E-state index < -0.39 is 0 Å². The highest BCUT2D eigenvalue weighted by Gasteiger charge is 2.13. The lowest BCUT2D eigenvalue weighted by atomic mass is 10.0. The Hall–Kier alpha value is -3.11. The molecule has 1 N–H and O–H groups in total. The van der Waals surface area contributed by atoms with Crippen LogP contribution in [0, 0.1) is 0 Å². The van der Waals surface area contributed by atoms with Crippen molar-refractivity contribution in [2.45, 2.75) is 13.0 Å². The quantitative estimate of drug-likeness (QED) is 0.462. The Kier molecular flexibility index (Phi) is 6.82. The van der Waals surface area contributed by atoms with E-state index in [0.717, 1.165) is 16.7 Å². The Bertz CT molecular complexity index is 943. The van der Waals surface area contributed by atoms with Crippen molar-refractivity contribution in [1.29, 1.82) is 0 Å². The number of amides is 1. The van der Waals surface area contributed by atoms with E-state index in [2.05, 4.69) is 5.32 Å². The van der Waals surface area contributed by atoms with E-state index in [9.17, 15) is 9.59 Å². The van der Waals surface area contributed by atoms with E-state index in [0.29, 0.717) is 11.3 Å². The number of carbonyl (C=O) groups is 2. The molecular weight excluding hydrogens is 374 g/mol. The molecule has 1 amide bonds. The average Bonchev–Trinajstić information content (AvgIpc) is 2.74. The molecule has 0 saturated carbocycles. The number of hydrogen-bond donors (Lipinski definition) is 1. The topological polar surface area (TPSA) is 55.4 Å². The fraction of sp³-hybridized carbons (Fsp3) is 0.130. The molecule has 3 aromatic rings. The van der Waals surface area contributed by atoms with Crippen molar-refractivity contribution in [3.63, 3.8) is 0 Å². The van der Waals surface area contributed by atoms with Crippen LogP contribution in [0.1, 0.15) is 11.1 Å². The molecule has 0 fully saturated rings. The van der Waals surface area contributed by atoms with Gasteiger partial charge in [-0.15, -0.1) is 11.6 Å².